The van der Waals surface area contributed by atoms with Gasteiger partial charge in [-0.3, -0.25) is 4.79 Å². The van der Waals surface area contributed by atoms with Gasteiger partial charge in [-0.25, -0.2) is 0 Å². The molecule has 1 aromatic rings. The molecule has 1 N–H and O–H groups in total. The molecule has 4 nitrogen and oxygen atoms in total. The van der Waals surface area contributed by atoms with Crippen molar-refractivity contribution in [2.24, 2.45) is 5.41 Å². The molecule has 0 aromatic heterocycles. The Labute approximate surface area is 149 Å². The molecule has 1 saturated heterocycles. The van der Waals surface area contributed by atoms with E-state index in [0.29, 0.717) is 12.8 Å². The largest absolute Gasteiger partial charge is 0.387 e. The van der Waals surface area contributed by atoms with Crippen molar-refractivity contribution in [1.29, 1.82) is 0 Å². The van der Waals surface area contributed by atoms with E-state index in [1.807, 2.05) is 51.1 Å². The summed E-state index contributed by atoms with van der Waals surface area (Å²) in [6.45, 7) is 11.1. The van der Waals surface area contributed by atoms with Gasteiger partial charge in [0.05, 0.1) is 11.7 Å². The number of carbonyl (C=O) groups excluding carboxylic acids is 1. The minimum Gasteiger partial charge on any atom is -0.387 e. The average Bonchev–Trinajstić information content (AvgIpc) is 3.01. The molecule has 0 spiro atoms. The Morgan fingerprint density at radius 1 is 1.36 bits per heavy atom. The van der Waals surface area contributed by atoms with Crippen LogP contribution in [0.15, 0.2) is 43.0 Å². The maximum atomic E-state index is 13.2. The van der Waals surface area contributed by atoms with Gasteiger partial charge in [-0.15, -0.1) is 6.58 Å². The number of hydrogen-bond acceptors (Lipinski definition) is 4. The number of benzene rings is 1. The van der Waals surface area contributed by atoms with Gasteiger partial charge >= 0.3 is 0 Å². The Morgan fingerprint density at radius 3 is 2.56 bits per heavy atom. The first-order chi connectivity index (χ1) is 11.6. The summed E-state index contributed by atoms with van der Waals surface area (Å²) < 4.78 is 12.8. The summed E-state index contributed by atoms with van der Waals surface area (Å²) in [7, 11) is 0. The lowest BCUT2D eigenvalue weighted by Gasteiger charge is -2.41. The Balaban J connectivity index is 2.15. The summed E-state index contributed by atoms with van der Waals surface area (Å²) in [5, 5.41) is 11.2. The van der Waals surface area contributed by atoms with E-state index in [9.17, 15) is 9.90 Å². The lowest BCUT2D eigenvalue weighted by molar-refractivity contribution is -0.230. The number of ketones is 1. The Morgan fingerprint density at radius 2 is 2.00 bits per heavy atom. The molecule has 4 atom stereocenters. The molecule has 1 aliphatic carbocycles. The van der Waals surface area contributed by atoms with Crippen molar-refractivity contribution < 1.29 is 19.4 Å². The van der Waals surface area contributed by atoms with Crippen LogP contribution in [0.25, 0.3) is 0 Å². The summed E-state index contributed by atoms with van der Waals surface area (Å²) in [4.78, 5) is 13.2. The molecule has 1 aliphatic heterocycles. The SMILES string of the molecule is C=CCC1(C(=O)C(C)(C)C)OC2CC[C@](C)(O)[C@@]2(c2ccccc2)O1. The van der Waals surface area contributed by atoms with Crippen LogP contribution in [0.5, 0.6) is 0 Å². The number of rotatable bonds is 4. The third-order valence-corrected chi connectivity index (χ3v) is 5.45. The average molecular weight is 344 g/mol. The van der Waals surface area contributed by atoms with E-state index >= 15 is 0 Å². The van der Waals surface area contributed by atoms with Crippen LogP contribution in [-0.2, 0) is 19.9 Å². The van der Waals surface area contributed by atoms with Gasteiger partial charge in [0.25, 0.3) is 0 Å². The molecular formula is C21H28O4. The van der Waals surface area contributed by atoms with Gasteiger partial charge in [-0.05, 0) is 25.3 Å². The molecule has 1 aromatic carbocycles. The van der Waals surface area contributed by atoms with E-state index in [1.165, 1.54) is 0 Å². The summed E-state index contributed by atoms with van der Waals surface area (Å²) in [5.74, 6) is -1.54. The van der Waals surface area contributed by atoms with Crippen LogP contribution in [-0.4, -0.2) is 28.4 Å². The van der Waals surface area contributed by atoms with Gasteiger partial charge in [0.15, 0.2) is 11.4 Å². The summed E-state index contributed by atoms with van der Waals surface area (Å²) in [6, 6.07) is 9.62. The van der Waals surface area contributed by atoms with Crippen molar-refractivity contribution in [1.82, 2.24) is 0 Å². The molecule has 4 heteroatoms. The highest BCUT2D eigenvalue weighted by molar-refractivity contribution is 5.91. The van der Waals surface area contributed by atoms with Gasteiger partial charge in [0.2, 0.25) is 5.79 Å². The van der Waals surface area contributed by atoms with E-state index in [0.717, 1.165) is 5.56 Å². The van der Waals surface area contributed by atoms with Crippen LogP contribution in [0.1, 0.15) is 52.5 Å². The Kier molecular flexibility index (Phi) is 4.22. The molecule has 2 aliphatic rings. The zero-order chi connectivity index (χ0) is 18.5. The number of fused-ring (bicyclic) bond motifs is 1. The van der Waals surface area contributed by atoms with Crippen LogP contribution >= 0.6 is 0 Å². The minimum absolute atomic E-state index is 0.125. The molecule has 1 heterocycles. The lowest BCUT2D eigenvalue weighted by Crippen LogP contribution is -2.53. The number of carbonyl (C=O) groups is 1. The fourth-order valence-electron chi connectivity index (χ4n) is 4.26. The lowest BCUT2D eigenvalue weighted by atomic mass is 9.79. The minimum atomic E-state index is -1.41. The molecule has 0 bridgehead atoms. The third kappa shape index (κ3) is 2.59. The molecule has 0 radical (unpaired) electrons. The smallest absolute Gasteiger partial charge is 0.234 e. The highest BCUT2D eigenvalue weighted by atomic mass is 16.8. The first-order valence-electron chi connectivity index (χ1n) is 8.91. The van der Waals surface area contributed by atoms with Crippen LogP contribution in [0, 0.1) is 5.41 Å². The second-order valence-electron chi connectivity index (χ2n) is 8.45. The normalized spacial score (nSPS) is 37.7. The first kappa shape index (κ1) is 18.3. The monoisotopic (exact) mass is 344 g/mol. The van der Waals surface area contributed by atoms with Gasteiger partial charge in [-0.1, -0.05) is 57.2 Å². The maximum absolute atomic E-state index is 13.2. The van der Waals surface area contributed by atoms with E-state index in [2.05, 4.69) is 6.58 Å². The second-order valence-corrected chi connectivity index (χ2v) is 8.45. The van der Waals surface area contributed by atoms with Crippen molar-refractivity contribution in [3.05, 3.63) is 48.6 Å². The predicted molar refractivity (Wildman–Crippen MR) is 95.9 cm³/mol. The number of ether oxygens (including phenoxy) is 2. The summed E-state index contributed by atoms with van der Waals surface area (Å²) in [6.07, 6.45) is 2.72. The second kappa shape index (κ2) is 5.76. The zero-order valence-corrected chi connectivity index (χ0v) is 15.5. The molecule has 25 heavy (non-hydrogen) atoms. The van der Waals surface area contributed by atoms with Crippen molar-refractivity contribution in [2.45, 2.75) is 70.1 Å². The fourth-order valence-corrected chi connectivity index (χ4v) is 4.26. The number of aliphatic hydroxyl groups is 1. The van der Waals surface area contributed by atoms with Crippen LogP contribution in [0.3, 0.4) is 0 Å². The standard InChI is InChI=1S/C21H28O4/c1-6-13-20(17(22)18(2,3)4)24-16-12-14-19(5,23)21(16,25-20)15-10-8-7-9-11-15/h6-11,16,23H,1,12-14H2,2-5H3/t16?,19-,20?,21-/m0/s1. The third-order valence-electron chi connectivity index (χ3n) is 5.45. The van der Waals surface area contributed by atoms with Gasteiger partial charge < -0.3 is 14.6 Å². The molecule has 2 fully saturated rings. The van der Waals surface area contributed by atoms with Crippen LogP contribution in [0.2, 0.25) is 0 Å². The van der Waals surface area contributed by atoms with Gasteiger partial charge in [0, 0.05) is 11.8 Å². The highest BCUT2D eigenvalue weighted by Crippen LogP contribution is 2.59. The number of hydrogen-bond donors (Lipinski definition) is 1. The molecule has 3 rings (SSSR count). The molecule has 0 amide bonds. The highest BCUT2D eigenvalue weighted by Gasteiger charge is 2.70. The Bertz CT molecular complexity index is 673. The molecular weight excluding hydrogens is 316 g/mol. The van der Waals surface area contributed by atoms with Crippen molar-refractivity contribution in [2.75, 3.05) is 0 Å². The topological polar surface area (TPSA) is 55.8 Å². The molecule has 136 valence electrons. The summed E-state index contributed by atoms with van der Waals surface area (Å²) >= 11 is 0. The van der Waals surface area contributed by atoms with E-state index in [4.69, 9.17) is 9.47 Å². The van der Waals surface area contributed by atoms with E-state index < -0.39 is 22.4 Å². The number of Topliss-reactive ketones (excluding diaryl/α,β-unsaturated/α-hetero) is 1. The zero-order valence-electron chi connectivity index (χ0n) is 15.5. The summed E-state index contributed by atoms with van der Waals surface area (Å²) in [5.41, 5.74) is -1.97. The van der Waals surface area contributed by atoms with E-state index in [1.54, 1.807) is 13.0 Å². The van der Waals surface area contributed by atoms with Crippen LogP contribution in [0.4, 0.5) is 0 Å². The first-order valence-corrected chi connectivity index (χ1v) is 8.91. The molecule has 1 saturated carbocycles. The quantitative estimate of drug-likeness (QED) is 0.846. The predicted octanol–water partition coefficient (Wildman–Crippen LogP) is 3.73. The van der Waals surface area contributed by atoms with Gasteiger partial charge in [-0.2, -0.15) is 0 Å². The van der Waals surface area contributed by atoms with Crippen molar-refractivity contribution >= 4 is 5.78 Å². The van der Waals surface area contributed by atoms with Crippen molar-refractivity contribution in [3.63, 3.8) is 0 Å². The van der Waals surface area contributed by atoms with Crippen molar-refractivity contribution in [3.8, 4) is 0 Å². The molecule has 2 unspecified atom stereocenters. The Hall–Kier alpha value is -1.49. The maximum Gasteiger partial charge on any atom is 0.234 e. The van der Waals surface area contributed by atoms with Crippen LogP contribution < -0.4 is 0 Å². The van der Waals surface area contributed by atoms with E-state index in [-0.39, 0.29) is 18.3 Å². The van der Waals surface area contributed by atoms with Gasteiger partial charge in [0.1, 0.15) is 0 Å². The fraction of sp³-hybridized carbons (Fsp3) is 0.571.